The second-order valence-electron chi connectivity index (χ2n) is 7.40. The number of aliphatic hydroxyl groups excluding tert-OH is 1. The molecule has 0 amide bonds. The van der Waals surface area contributed by atoms with Crippen molar-refractivity contribution in [2.45, 2.75) is 18.4 Å². The van der Waals surface area contributed by atoms with Crippen molar-refractivity contribution in [1.29, 1.82) is 0 Å². The van der Waals surface area contributed by atoms with Gasteiger partial charge < -0.3 is 10.4 Å². The Labute approximate surface area is 174 Å². The molecule has 1 aliphatic heterocycles. The van der Waals surface area contributed by atoms with Gasteiger partial charge in [0.05, 0.1) is 30.1 Å². The number of H-pyrrole nitrogens is 1. The van der Waals surface area contributed by atoms with E-state index in [4.69, 9.17) is 0 Å². The number of halogens is 2. The summed E-state index contributed by atoms with van der Waals surface area (Å²) in [5.41, 5.74) is 1.26. The molecule has 4 aromatic rings. The number of rotatable bonds is 4. The SMILES string of the molecule is O=c1[nH]nc2c3c(cc(F)cc13)NCC(c1ccc(F)cc1)C2c1ncnn1CCO. The van der Waals surface area contributed by atoms with Crippen LogP contribution in [0.25, 0.3) is 10.8 Å². The molecule has 3 heterocycles. The first-order chi connectivity index (χ1) is 15.1. The second kappa shape index (κ2) is 7.55. The zero-order valence-electron chi connectivity index (χ0n) is 16.2. The summed E-state index contributed by atoms with van der Waals surface area (Å²) in [5, 5.41) is 24.4. The highest BCUT2D eigenvalue weighted by molar-refractivity contribution is 5.96. The normalized spacial score (nSPS) is 18.0. The molecule has 1 aliphatic rings. The lowest BCUT2D eigenvalue weighted by atomic mass is 9.82. The molecule has 0 spiro atoms. The van der Waals surface area contributed by atoms with E-state index in [2.05, 4.69) is 25.6 Å². The molecule has 0 radical (unpaired) electrons. The predicted molar refractivity (Wildman–Crippen MR) is 109 cm³/mol. The third kappa shape index (κ3) is 3.25. The van der Waals surface area contributed by atoms with Crippen molar-refractivity contribution in [3.8, 4) is 0 Å². The van der Waals surface area contributed by atoms with Crippen LogP contribution in [0.15, 0.2) is 47.5 Å². The van der Waals surface area contributed by atoms with E-state index in [-0.39, 0.29) is 30.3 Å². The molecule has 158 valence electrons. The fraction of sp³-hybridized carbons (Fsp3) is 0.238. The van der Waals surface area contributed by atoms with Crippen LogP contribution in [0, 0.1) is 11.6 Å². The average molecular weight is 424 g/mol. The van der Waals surface area contributed by atoms with Gasteiger partial charge in [-0.2, -0.15) is 10.2 Å². The van der Waals surface area contributed by atoms with Gasteiger partial charge in [0.25, 0.3) is 5.56 Å². The van der Waals surface area contributed by atoms with Crippen molar-refractivity contribution < 1.29 is 13.9 Å². The third-order valence-electron chi connectivity index (χ3n) is 5.62. The highest BCUT2D eigenvalue weighted by Gasteiger charge is 2.36. The summed E-state index contributed by atoms with van der Waals surface area (Å²) in [6.07, 6.45) is 1.39. The Morgan fingerprint density at radius 1 is 1.16 bits per heavy atom. The summed E-state index contributed by atoms with van der Waals surface area (Å²) in [6, 6.07) is 8.62. The molecule has 0 saturated carbocycles. The number of nitrogens with zero attached hydrogens (tertiary/aromatic N) is 4. The minimum absolute atomic E-state index is 0.140. The van der Waals surface area contributed by atoms with Crippen molar-refractivity contribution in [3.63, 3.8) is 0 Å². The second-order valence-corrected chi connectivity index (χ2v) is 7.40. The molecule has 31 heavy (non-hydrogen) atoms. The van der Waals surface area contributed by atoms with E-state index < -0.39 is 17.3 Å². The zero-order chi connectivity index (χ0) is 21.5. The number of anilines is 1. The number of aromatic nitrogens is 5. The summed E-state index contributed by atoms with van der Waals surface area (Å²) in [5.74, 6) is -1.17. The Hall–Kier alpha value is -3.66. The van der Waals surface area contributed by atoms with E-state index in [0.29, 0.717) is 29.1 Å². The summed E-state index contributed by atoms with van der Waals surface area (Å²) in [6.45, 7) is 0.433. The summed E-state index contributed by atoms with van der Waals surface area (Å²) in [7, 11) is 0. The van der Waals surface area contributed by atoms with Crippen LogP contribution in [0.4, 0.5) is 14.5 Å². The Morgan fingerprint density at radius 3 is 2.74 bits per heavy atom. The molecule has 2 aromatic carbocycles. The highest BCUT2D eigenvalue weighted by Crippen LogP contribution is 2.43. The molecule has 5 rings (SSSR count). The molecule has 2 aromatic heterocycles. The van der Waals surface area contributed by atoms with Crippen LogP contribution in [-0.4, -0.2) is 43.2 Å². The first-order valence-electron chi connectivity index (χ1n) is 9.76. The first kappa shape index (κ1) is 19.3. The van der Waals surface area contributed by atoms with Crippen LogP contribution in [0.5, 0.6) is 0 Å². The first-order valence-corrected chi connectivity index (χ1v) is 9.76. The number of nitrogens with one attached hydrogen (secondary N) is 2. The number of benzene rings is 2. The van der Waals surface area contributed by atoms with Crippen LogP contribution >= 0.6 is 0 Å². The largest absolute Gasteiger partial charge is 0.394 e. The van der Waals surface area contributed by atoms with E-state index in [0.717, 1.165) is 5.56 Å². The fourth-order valence-corrected chi connectivity index (χ4v) is 4.29. The van der Waals surface area contributed by atoms with Crippen molar-refractivity contribution in [1.82, 2.24) is 25.0 Å². The molecule has 10 heteroatoms. The van der Waals surface area contributed by atoms with Crippen LogP contribution in [0.2, 0.25) is 0 Å². The molecule has 2 atom stereocenters. The Bertz CT molecular complexity index is 1320. The maximum Gasteiger partial charge on any atom is 0.272 e. The van der Waals surface area contributed by atoms with Crippen LogP contribution in [0.1, 0.15) is 28.9 Å². The van der Waals surface area contributed by atoms with Crippen LogP contribution in [-0.2, 0) is 6.54 Å². The molecule has 8 nitrogen and oxygen atoms in total. The van der Waals surface area contributed by atoms with E-state index >= 15 is 0 Å². The molecule has 0 bridgehead atoms. The van der Waals surface area contributed by atoms with Crippen LogP contribution in [0.3, 0.4) is 0 Å². The average Bonchev–Trinajstić information content (AvgIpc) is 3.14. The number of hydrogen-bond acceptors (Lipinski definition) is 6. The van der Waals surface area contributed by atoms with Crippen molar-refractivity contribution in [2.24, 2.45) is 0 Å². The van der Waals surface area contributed by atoms with E-state index in [1.54, 1.807) is 16.8 Å². The van der Waals surface area contributed by atoms with Gasteiger partial charge in [0.1, 0.15) is 23.8 Å². The number of aliphatic hydroxyl groups is 1. The van der Waals surface area contributed by atoms with E-state index in [9.17, 15) is 18.7 Å². The van der Waals surface area contributed by atoms with Crippen LogP contribution < -0.4 is 10.9 Å². The molecular formula is C21H18F2N6O2. The topological polar surface area (TPSA) is 109 Å². The minimum Gasteiger partial charge on any atom is -0.394 e. The van der Waals surface area contributed by atoms with Gasteiger partial charge in [-0.05, 0) is 29.8 Å². The molecule has 2 unspecified atom stereocenters. The lowest BCUT2D eigenvalue weighted by molar-refractivity contribution is 0.265. The van der Waals surface area contributed by atoms with Crippen molar-refractivity contribution in [2.75, 3.05) is 18.5 Å². The minimum atomic E-state index is -0.544. The zero-order valence-corrected chi connectivity index (χ0v) is 16.2. The number of hydrogen-bond donors (Lipinski definition) is 3. The third-order valence-corrected chi connectivity index (χ3v) is 5.62. The van der Waals surface area contributed by atoms with Gasteiger partial charge in [-0.1, -0.05) is 12.1 Å². The molecule has 3 N–H and O–H groups in total. The standard InChI is InChI=1S/C21H18F2N6O2/c22-12-3-1-11(2-4-12)15-9-24-16-8-13(23)7-14-17(16)19(27-28-21(14)31)18(15)20-25-10-26-29(20)5-6-30/h1-4,7-8,10,15,18,24,30H,5-6,9H2,(H,28,31). The van der Waals surface area contributed by atoms with Gasteiger partial charge in [0, 0.05) is 23.5 Å². The maximum absolute atomic E-state index is 14.2. The highest BCUT2D eigenvalue weighted by atomic mass is 19.1. The van der Waals surface area contributed by atoms with Crippen molar-refractivity contribution >= 4 is 16.5 Å². The molecule has 0 saturated heterocycles. The molecule has 0 fully saturated rings. The molecular weight excluding hydrogens is 406 g/mol. The predicted octanol–water partition coefficient (Wildman–Crippen LogP) is 2.13. The van der Waals surface area contributed by atoms with E-state index in [1.807, 2.05) is 0 Å². The fourth-order valence-electron chi connectivity index (χ4n) is 4.29. The van der Waals surface area contributed by atoms with Crippen molar-refractivity contribution in [3.05, 3.63) is 81.8 Å². The van der Waals surface area contributed by atoms with E-state index in [1.165, 1.54) is 30.6 Å². The smallest absolute Gasteiger partial charge is 0.272 e. The Kier molecular flexibility index (Phi) is 4.70. The summed E-state index contributed by atoms with van der Waals surface area (Å²) >= 11 is 0. The quantitative estimate of drug-likeness (QED) is 0.463. The molecule has 0 aliphatic carbocycles. The lowest BCUT2D eigenvalue weighted by Gasteiger charge is -2.25. The Balaban J connectivity index is 1.80. The number of aromatic amines is 1. The monoisotopic (exact) mass is 424 g/mol. The Morgan fingerprint density at radius 2 is 1.97 bits per heavy atom. The van der Waals surface area contributed by atoms with Gasteiger partial charge in [0.2, 0.25) is 0 Å². The van der Waals surface area contributed by atoms with Gasteiger partial charge in [-0.15, -0.1) is 0 Å². The van der Waals surface area contributed by atoms with Gasteiger partial charge in [-0.25, -0.2) is 23.5 Å². The van der Waals surface area contributed by atoms with Gasteiger partial charge >= 0.3 is 0 Å². The summed E-state index contributed by atoms with van der Waals surface area (Å²) < 4.78 is 29.4. The van der Waals surface area contributed by atoms with Gasteiger partial charge in [0.15, 0.2) is 0 Å². The summed E-state index contributed by atoms with van der Waals surface area (Å²) in [4.78, 5) is 16.8. The maximum atomic E-state index is 14.2. The van der Waals surface area contributed by atoms with Gasteiger partial charge in [-0.3, -0.25) is 4.79 Å². The lowest BCUT2D eigenvalue weighted by Crippen LogP contribution is -2.24.